The summed E-state index contributed by atoms with van der Waals surface area (Å²) < 4.78 is 7.10. The molecule has 2 aromatic heterocycles. The van der Waals surface area contributed by atoms with Crippen molar-refractivity contribution in [1.29, 1.82) is 0 Å². The third-order valence-electron chi connectivity index (χ3n) is 3.04. The van der Waals surface area contributed by atoms with Crippen LogP contribution in [0, 0.1) is 6.92 Å². The molecule has 19 heavy (non-hydrogen) atoms. The van der Waals surface area contributed by atoms with Crippen molar-refractivity contribution in [2.24, 2.45) is 0 Å². The lowest BCUT2D eigenvalue weighted by Gasteiger charge is -2.04. The van der Waals surface area contributed by atoms with Crippen molar-refractivity contribution >= 4 is 5.82 Å². The van der Waals surface area contributed by atoms with Gasteiger partial charge in [-0.25, -0.2) is 4.68 Å². The SMILES string of the molecule is Cc1ccc(Cn2nc(-c3ccco3)cc2N)cc1. The lowest BCUT2D eigenvalue weighted by Crippen LogP contribution is -2.05. The number of nitrogen functional groups attached to an aromatic ring is 1. The summed E-state index contributed by atoms with van der Waals surface area (Å²) >= 11 is 0. The second-order valence-corrected chi connectivity index (χ2v) is 4.57. The normalized spacial score (nSPS) is 10.8. The Balaban J connectivity index is 1.87. The van der Waals surface area contributed by atoms with Gasteiger partial charge in [0.05, 0.1) is 12.8 Å². The monoisotopic (exact) mass is 253 g/mol. The van der Waals surface area contributed by atoms with Crippen LogP contribution in [0.4, 0.5) is 5.82 Å². The van der Waals surface area contributed by atoms with Crippen LogP contribution in [0.15, 0.2) is 53.1 Å². The summed E-state index contributed by atoms with van der Waals surface area (Å²) in [7, 11) is 0. The molecule has 0 aliphatic rings. The highest BCUT2D eigenvalue weighted by Crippen LogP contribution is 2.21. The van der Waals surface area contributed by atoms with Gasteiger partial charge >= 0.3 is 0 Å². The number of hydrogen-bond donors (Lipinski definition) is 1. The van der Waals surface area contributed by atoms with Gasteiger partial charge in [-0.05, 0) is 24.6 Å². The van der Waals surface area contributed by atoms with Gasteiger partial charge in [-0.3, -0.25) is 0 Å². The van der Waals surface area contributed by atoms with E-state index in [1.807, 2.05) is 18.2 Å². The van der Waals surface area contributed by atoms with Crippen LogP contribution in [0.2, 0.25) is 0 Å². The molecule has 1 aromatic carbocycles. The number of aromatic nitrogens is 2. The number of hydrogen-bond acceptors (Lipinski definition) is 3. The number of aryl methyl sites for hydroxylation is 1. The molecular weight excluding hydrogens is 238 g/mol. The molecule has 0 atom stereocenters. The third kappa shape index (κ3) is 2.38. The van der Waals surface area contributed by atoms with Crippen molar-refractivity contribution < 1.29 is 4.42 Å². The fraction of sp³-hybridized carbons (Fsp3) is 0.133. The average Bonchev–Trinajstić information content (AvgIpc) is 3.03. The molecule has 4 nitrogen and oxygen atoms in total. The highest BCUT2D eigenvalue weighted by atomic mass is 16.3. The molecule has 0 unspecified atom stereocenters. The maximum absolute atomic E-state index is 5.98. The summed E-state index contributed by atoms with van der Waals surface area (Å²) in [5.41, 5.74) is 9.16. The van der Waals surface area contributed by atoms with Gasteiger partial charge in [0.25, 0.3) is 0 Å². The van der Waals surface area contributed by atoms with E-state index in [0.29, 0.717) is 12.4 Å². The van der Waals surface area contributed by atoms with Crippen LogP contribution in [-0.2, 0) is 6.54 Å². The van der Waals surface area contributed by atoms with Crippen LogP contribution in [0.1, 0.15) is 11.1 Å². The summed E-state index contributed by atoms with van der Waals surface area (Å²) in [6.07, 6.45) is 1.63. The van der Waals surface area contributed by atoms with Crippen molar-refractivity contribution in [3.63, 3.8) is 0 Å². The number of anilines is 1. The summed E-state index contributed by atoms with van der Waals surface area (Å²) in [5, 5.41) is 4.47. The Kier molecular flexibility index (Phi) is 2.83. The first-order chi connectivity index (χ1) is 9.22. The van der Waals surface area contributed by atoms with Gasteiger partial charge in [0.2, 0.25) is 0 Å². The maximum Gasteiger partial charge on any atom is 0.154 e. The van der Waals surface area contributed by atoms with E-state index in [2.05, 4.69) is 36.3 Å². The molecule has 0 radical (unpaired) electrons. The van der Waals surface area contributed by atoms with Gasteiger partial charge in [-0.2, -0.15) is 5.10 Å². The first-order valence-corrected chi connectivity index (χ1v) is 6.15. The zero-order chi connectivity index (χ0) is 13.2. The Labute approximate surface area is 111 Å². The Morgan fingerprint density at radius 1 is 1.21 bits per heavy atom. The minimum absolute atomic E-state index is 0.631. The van der Waals surface area contributed by atoms with E-state index in [-0.39, 0.29) is 0 Å². The number of furan rings is 1. The van der Waals surface area contributed by atoms with Gasteiger partial charge < -0.3 is 10.2 Å². The van der Waals surface area contributed by atoms with E-state index in [4.69, 9.17) is 10.2 Å². The molecule has 4 heteroatoms. The zero-order valence-electron chi connectivity index (χ0n) is 10.7. The molecule has 0 fully saturated rings. The minimum atomic E-state index is 0.631. The highest BCUT2D eigenvalue weighted by Gasteiger charge is 2.09. The second-order valence-electron chi connectivity index (χ2n) is 4.57. The molecule has 2 heterocycles. The number of rotatable bonds is 3. The fourth-order valence-electron chi connectivity index (χ4n) is 1.97. The zero-order valence-corrected chi connectivity index (χ0v) is 10.7. The average molecular weight is 253 g/mol. The van der Waals surface area contributed by atoms with E-state index >= 15 is 0 Å². The number of benzene rings is 1. The van der Waals surface area contributed by atoms with E-state index in [9.17, 15) is 0 Å². The fourth-order valence-corrected chi connectivity index (χ4v) is 1.97. The quantitative estimate of drug-likeness (QED) is 0.780. The van der Waals surface area contributed by atoms with Gasteiger partial charge in [-0.1, -0.05) is 29.8 Å². The first-order valence-electron chi connectivity index (χ1n) is 6.15. The smallest absolute Gasteiger partial charge is 0.154 e. The van der Waals surface area contributed by atoms with Crippen molar-refractivity contribution in [3.05, 3.63) is 59.9 Å². The number of nitrogens with two attached hydrogens (primary N) is 1. The highest BCUT2D eigenvalue weighted by molar-refractivity contribution is 5.56. The third-order valence-corrected chi connectivity index (χ3v) is 3.04. The largest absolute Gasteiger partial charge is 0.463 e. The molecule has 2 N–H and O–H groups in total. The molecule has 0 aliphatic carbocycles. The summed E-state index contributed by atoms with van der Waals surface area (Å²) in [6.45, 7) is 2.73. The van der Waals surface area contributed by atoms with Crippen LogP contribution in [0.5, 0.6) is 0 Å². The molecular formula is C15H15N3O. The molecule has 0 bridgehead atoms. The minimum Gasteiger partial charge on any atom is -0.463 e. The summed E-state index contributed by atoms with van der Waals surface area (Å²) in [6, 6.07) is 13.9. The first kappa shape index (κ1) is 11.6. The summed E-state index contributed by atoms with van der Waals surface area (Å²) in [5.74, 6) is 1.36. The maximum atomic E-state index is 5.98. The van der Waals surface area contributed by atoms with Gasteiger partial charge in [0.15, 0.2) is 5.76 Å². The molecule has 0 spiro atoms. The Morgan fingerprint density at radius 2 is 2.00 bits per heavy atom. The van der Waals surface area contributed by atoms with Crippen LogP contribution in [-0.4, -0.2) is 9.78 Å². The van der Waals surface area contributed by atoms with Crippen LogP contribution in [0.3, 0.4) is 0 Å². The molecule has 3 aromatic rings. The standard InChI is InChI=1S/C15H15N3O/c1-11-4-6-12(7-5-11)10-18-15(16)9-13(17-18)14-3-2-8-19-14/h2-9H,10,16H2,1H3. The van der Waals surface area contributed by atoms with E-state index in [1.54, 1.807) is 10.9 Å². The van der Waals surface area contributed by atoms with Gasteiger partial charge in [-0.15, -0.1) is 0 Å². The van der Waals surface area contributed by atoms with Crippen LogP contribution < -0.4 is 5.73 Å². The van der Waals surface area contributed by atoms with Crippen molar-refractivity contribution in [1.82, 2.24) is 9.78 Å². The van der Waals surface area contributed by atoms with Gasteiger partial charge in [0.1, 0.15) is 11.5 Å². The van der Waals surface area contributed by atoms with Crippen molar-refractivity contribution in [2.75, 3.05) is 5.73 Å². The molecule has 0 saturated carbocycles. The van der Waals surface area contributed by atoms with Crippen molar-refractivity contribution in [2.45, 2.75) is 13.5 Å². The molecule has 3 rings (SSSR count). The lowest BCUT2D eigenvalue weighted by atomic mass is 10.1. The summed E-state index contributed by atoms with van der Waals surface area (Å²) in [4.78, 5) is 0. The second kappa shape index (κ2) is 4.65. The van der Waals surface area contributed by atoms with Crippen LogP contribution >= 0.6 is 0 Å². The molecule has 96 valence electrons. The predicted molar refractivity (Wildman–Crippen MR) is 74.6 cm³/mol. The predicted octanol–water partition coefficient (Wildman–Crippen LogP) is 3.08. The number of nitrogens with zero attached hydrogens (tertiary/aromatic N) is 2. The van der Waals surface area contributed by atoms with E-state index in [1.165, 1.54) is 11.1 Å². The molecule has 0 amide bonds. The topological polar surface area (TPSA) is 57.0 Å². The van der Waals surface area contributed by atoms with E-state index in [0.717, 1.165) is 11.5 Å². The Morgan fingerprint density at radius 3 is 2.68 bits per heavy atom. The van der Waals surface area contributed by atoms with Gasteiger partial charge in [0, 0.05) is 6.07 Å². The lowest BCUT2D eigenvalue weighted by molar-refractivity contribution is 0.576. The molecule has 0 saturated heterocycles. The Hall–Kier alpha value is -2.49. The Bertz CT molecular complexity index is 666. The molecule has 0 aliphatic heterocycles. The van der Waals surface area contributed by atoms with E-state index < -0.39 is 0 Å². The van der Waals surface area contributed by atoms with Crippen LogP contribution in [0.25, 0.3) is 11.5 Å². The van der Waals surface area contributed by atoms with Crippen molar-refractivity contribution in [3.8, 4) is 11.5 Å².